The molecule has 0 aliphatic heterocycles. The lowest BCUT2D eigenvalue weighted by atomic mass is 9.83. The molecule has 21 heavy (non-hydrogen) atoms. The van der Waals surface area contributed by atoms with Crippen LogP contribution in [0, 0.1) is 0 Å². The summed E-state index contributed by atoms with van der Waals surface area (Å²) in [5, 5.41) is 20.5. The van der Waals surface area contributed by atoms with Gasteiger partial charge in [0.15, 0.2) is 0 Å². The van der Waals surface area contributed by atoms with E-state index in [9.17, 15) is 10.2 Å². The zero-order valence-electron chi connectivity index (χ0n) is 13.8. The van der Waals surface area contributed by atoms with Crippen molar-refractivity contribution in [3.8, 4) is 0 Å². The van der Waals surface area contributed by atoms with Crippen LogP contribution in [0.15, 0.2) is 24.3 Å². The molecule has 120 valence electrons. The highest BCUT2D eigenvalue weighted by molar-refractivity contribution is 5.28. The van der Waals surface area contributed by atoms with Crippen LogP contribution in [-0.2, 0) is 13.0 Å². The normalized spacial score (nSPS) is 11.8. The molecule has 0 amide bonds. The van der Waals surface area contributed by atoms with Gasteiger partial charge in [-0.05, 0) is 24.0 Å². The van der Waals surface area contributed by atoms with Crippen molar-refractivity contribution in [3.05, 3.63) is 35.4 Å². The predicted octanol–water partition coefficient (Wildman–Crippen LogP) is 4.61. The van der Waals surface area contributed by atoms with Crippen LogP contribution in [0.25, 0.3) is 0 Å². The second-order valence-electron chi connectivity index (χ2n) is 6.24. The van der Waals surface area contributed by atoms with Gasteiger partial charge in [0.05, 0.1) is 12.2 Å². The minimum atomic E-state index is -0.615. The van der Waals surface area contributed by atoms with E-state index in [1.54, 1.807) is 0 Å². The highest BCUT2D eigenvalue weighted by Gasteiger charge is 2.27. The average molecular weight is 292 g/mol. The van der Waals surface area contributed by atoms with Crippen molar-refractivity contribution < 1.29 is 10.2 Å². The molecule has 0 spiro atoms. The summed E-state index contributed by atoms with van der Waals surface area (Å²) in [5.41, 5.74) is 1.42. The topological polar surface area (TPSA) is 40.5 Å². The Morgan fingerprint density at radius 1 is 0.857 bits per heavy atom. The third-order valence-corrected chi connectivity index (χ3v) is 4.30. The second kappa shape index (κ2) is 9.97. The summed E-state index contributed by atoms with van der Waals surface area (Å²) < 4.78 is 0. The Bertz CT molecular complexity index is 377. The maximum Gasteiger partial charge on any atom is 0.0688 e. The first-order valence-electron chi connectivity index (χ1n) is 8.55. The Morgan fingerprint density at radius 2 is 1.38 bits per heavy atom. The summed E-state index contributed by atoms with van der Waals surface area (Å²) in [5.74, 6) is 0. The van der Waals surface area contributed by atoms with Crippen LogP contribution in [0.4, 0.5) is 0 Å². The first-order chi connectivity index (χ1) is 10.1. The molecule has 1 aromatic rings. The van der Waals surface area contributed by atoms with E-state index in [0.717, 1.165) is 36.8 Å². The van der Waals surface area contributed by atoms with Crippen molar-refractivity contribution in [2.75, 3.05) is 0 Å². The fourth-order valence-electron chi connectivity index (χ4n) is 2.95. The summed E-state index contributed by atoms with van der Waals surface area (Å²) in [6.45, 7) is 4.44. The predicted molar refractivity (Wildman–Crippen MR) is 89.3 cm³/mol. The summed E-state index contributed by atoms with van der Waals surface area (Å²) in [6, 6.07) is 7.93. The fraction of sp³-hybridized carbons (Fsp3) is 0.684. The highest BCUT2D eigenvalue weighted by Crippen LogP contribution is 2.28. The van der Waals surface area contributed by atoms with Crippen LogP contribution in [0.1, 0.15) is 76.3 Å². The quantitative estimate of drug-likeness (QED) is 0.585. The Kier molecular flexibility index (Phi) is 8.63. The smallest absolute Gasteiger partial charge is 0.0688 e. The molecule has 2 nitrogen and oxygen atoms in total. The van der Waals surface area contributed by atoms with Gasteiger partial charge in [-0.15, -0.1) is 0 Å². The molecular formula is C19H32O2. The number of aliphatic hydroxyl groups is 2. The number of unbranched alkanes of at least 4 members (excludes halogenated alkanes) is 4. The number of benzene rings is 1. The SMILES string of the molecule is CCCCCC(O)(CCCCC)Cc1ccccc1CO. The van der Waals surface area contributed by atoms with Gasteiger partial charge in [0, 0.05) is 6.42 Å². The van der Waals surface area contributed by atoms with Crippen LogP contribution < -0.4 is 0 Å². The standard InChI is InChI=1S/C19H32O2/c1-3-5-9-13-19(21,14-10-6-4-2)15-17-11-7-8-12-18(17)16-20/h7-8,11-12,20-21H,3-6,9-10,13-16H2,1-2H3. The third kappa shape index (κ3) is 6.62. The van der Waals surface area contributed by atoms with Gasteiger partial charge in [-0.3, -0.25) is 0 Å². The van der Waals surface area contributed by atoms with E-state index in [1.807, 2.05) is 24.3 Å². The summed E-state index contributed by atoms with van der Waals surface area (Å²) >= 11 is 0. The number of hydrogen-bond acceptors (Lipinski definition) is 2. The first-order valence-corrected chi connectivity index (χ1v) is 8.55. The van der Waals surface area contributed by atoms with Crippen molar-refractivity contribution in [3.63, 3.8) is 0 Å². The van der Waals surface area contributed by atoms with Gasteiger partial charge < -0.3 is 10.2 Å². The van der Waals surface area contributed by atoms with Crippen molar-refractivity contribution >= 4 is 0 Å². The van der Waals surface area contributed by atoms with E-state index in [0.29, 0.717) is 6.42 Å². The van der Waals surface area contributed by atoms with Gasteiger partial charge in [-0.2, -0.15) is 0 Å². The van der Waals surface area contributed by atoms with E-state index in [4.69, 9.17) is 0 Å². The highest BCUT2D eigenvalue weighted by atomic mass is 16.3. The molecule has 0 atom stereocenters. The van der Waals surface area contributed by atoms with Crippen molar-refractivity contribution in [1.29, 1.82) is 0 Å². The largest absolute Gasteiger partial charge is 0.392 e. The van der Waals surface area contributed by atoms with Crippen LogP contribution in [0.5, 0.6) is 0 Å². The van der Waals surface area contributed by atoms with E-state index in [2.05, 4.69) is 13.8 Å². The van der Waals surface area contributed by atoms with Crippen LogP contribution >= 0.6 is 0 Å². The molecule has 0 bridgehead atoms. The Hall–Kier alpha value is -0.860. The zero-order chi connectivity index (χ0) is 15.6. The lowest BCUT2D eigenvalue weighted by molar-refractivity contribution is 0.0178. The van der Waals surface area contributed by atoms with E-state index in [1.165, 1.54) is 25.7 Å². The number of aliphatic hydroxyl groups excluding tert-OH is 1. The molecule has 0 fully saturated rings. The zero-order valence-corrected chi connectivity index (χ0v) is 13.8. The Morgan fingerprint density at radius 3 is 1.86 bits per heavy atom. The Labute approximate surface area is 130 Å². The third-order valence-electron chi connectivity index (χ3n) is 4.30. The molecule has 0 saturated carbocycles. The van der Waals surface area contributed by atoms with E-state index < -0.39 is 5.60 Å². The fourth-order valence-corrected chi connectivity index (χ4v) is 2.95. The van der Waals surface area contributed by atoms with Crippen LogP contribution in [0.2, 0.25) is 0 Å². The number of rotatable bonds is 11. The van der Waals surface area contributed by atoms with Gasteiger partial charge in [0.25, 0.3) is 0 Å². The minimum Gasteiger partial charge on any atom is -0.392 e. The Balaban J connectivity index is 2.74. The maximum atomic E-state index is 11.1. The van der Waals surface area contributed by atoms with Crippen molar-refractivity contribution in [2.45, 2.75) is 83.8 Å². The second-order valence-corrected chi connectivity index (χ2v) is 6.24. The van der Waals surface area contributed by atoms with Crippen molar-refractivity contribution in [1.82, 2.24) is 0 Å². The molecule has 1 rings (SSSR count). The molecule has 0 unspecified atom stereocenters. The summed E-state index contributed by atoms with van der Waals surface area (Å²) in [6.07, 6.45) is 9.28. The molecular weight excluding hydrogens is 260 g/mol. The summed E-state index contributed by atoms with van der Waals surface area (Å²) in [4.78, 5) is 0. The molecule has 0 heterocycles. The molecule has 2 N–H and O–H groups in total. The lowest BCUT2D eigenvalue weighted by Gasteiger charge is -2.29. The molecule has 2 heteroatoms. The molecule has 0 radical (unpaired) electrons. The van der Waals surface area contributed by atoms with Gasteiger partial charge in [-0.25, -0.2) is 0 Å². The van der Waals surface area contributed by atoms with E-state index >= 15 is 0 Å². The minimum absolute atomic E-state index is 0.0518. The van der Waals surface area contributed by atoms with Crippen molar-refractivity contribution in [2.24, 2.45) is 0 Å². The number of hydrogen-bond donors (Lipinski definition) is 2. The van der Waals surface area contributed by atoms with Gasteiger partial charge in [-0.1, -0.05) is 76.6 Å². The molecule has 0 aromatic heterocycles. The average Bonchev–Trinajstić information content (AvgIpc) is 2.48. The van der Waals surface area contributed by atoms with Gasteiger partial charge >= 0.3 is 0 Å². The molecule has 0 aliphatic rings. The monoisotopic (exact) mass is 292 g/mol. The molecule has 1 aromatic carbocycles. The lowest BCUT2D eigenvalue weighted by Crippen LogP contribution is -2.32. The molecule has 0 aliphatic carbocycles. The van der Waals surface area contributed by atoms with Gasteiger partial charge in [0.2, 0.25) is 0 Å². The molecule has 0 saturated heterocycles. The maximum absolute atomic E-state index is 11.1. The van der Waals surface area contributed by atoms with Gasteiger partial charge in [0.1, 0.15) is 0 Å². The summed E-state index contributed by atoms with van der Waals surface area (Å²) in [7, 11) is 0. The first kappa shape index (κ1) is 18.2. The van der Waals surface area contributed by atoms with E-state index in [-0.39, 0.29) is 6.61 Å². The van der Waals surface area contributed by atoms with Crippen LogP contribution in [0.3, 0.4) is 0 Å². The van der Waals surface area contributed by atoms with Crippen LogP contribution in [-0.4, -0.2) is 15.8 Å².